The molecular formula is C14H20ClN3. The molecule has 98 valence electrons. The first kappa shape index (κ1) is 14.8. The van der Waals surface area contributed by atoms with E-state index in [1.165, 1.54) is 0 Å². The summed E-state index contributed by atoms with van der Waals surface area (Å²) in [4.78, 5) is 8.79. The largest absolute Gasteiger partial charge is 0.366 e. The van der Waals surface area contributed by atoms with Crippen LogP contribution < -0.4 is 5.32 Å². The highest BCUT2D eigenvalue weighted by molar-refractivity contribution is 6.30. The maximum absolute atomic E-state index is 6.13. The van der Waals surface area contributed by atoms with Gasteiger partial charge in [0, 0.05) is 24.4 Å². The fourth-order valence-corrected chi connectivity index (χ4v) is 1.83. The average molecular weight is 266 g/mol. The van der Waals surface area contributed by atoms with Crippen LogP contribution in [0.2, 0.25) is 5.15 Å². The second-order valence-electron chi connectivity index (χ2n) is 4.31. The molecule has 1 atom stereocenters. The highest BCUT2D eigenvalue weighted by atomic mass is 35.5. The van der Waals surface area contributed by atoms with Crippen molar-refractivity contribution in [1.29, 1.82) is 0 Å². The molecule has 0 fully saturated rings. The van der Waals surface area contributed by atoms with Crippen molar-refractivity contribution in [1.82, 2.24) is 9.97 Å². The molecule has 18 heavy (non-hydrogen) atoms. The third kappa shape index (κ3) is 3.89. The summed E-state index contributed by atoms with van der Waals surface area (Å²) in [6.07, 6.45) is 8.82. The first-order valence-electron chi connectivity index (χ1n) is 6.35. The molecule has 1 aromatic heterocycles. The van der Waals surface area contributed by atoms with E-state index in [0.29, 0.717) is 11.6 Å². The van der Waals surface area contributed by atoms with Gasteiger partial charge in [0.25, 0.3) is 0 Å². The fraction of sp³-hybridized carbons (Fsp3) is 0.571. The summed E-state index contributed by atoms with van der Waals surface area (Å²) in [6, 6.07) is 0.231. The molecule has 0 aliphatic carbocycles. The van der Waals surface area contributed by atoms with Crippen molar-refractivity contribution in [3.05, 3.63) is 16.5 Å². The second kappa shape index (κ2) is 7.23. The second-order valence-corrected chi connectivity index (χ2v) is 4.67. The summed E-state index contributed by atoms with van der Waals surface area (Å²) in [7, 11) is 0. The third-order valence-electron chi connectivity index (χ3n) is 2.80. The van der Waals surface area contributed by atoms with Crippen LogP contribution in [0.1, 0.15) is 44.5 Å². The molecule has 0 radical (unpaired) electrons. The van der Waals surface area contributed by atoms with Crippen molar-refractivity contribution in [2.24, 2.45) is 0 Å². The summed E-state index contributed by atoms with van der Waals surface area (Å²) in [5.41, 5.74) is 0.881. The van der Waals surface area contributed by atoms with Gasteiger partial charge in [0.2, 0.25) is 0 Å². The van der Waals surface area contributed by atoms with Gasteiger partial charge in [-0.2, -0.15) is 0 Å². The maximum atomic E-state index is 6.13. The number of terminal acetylenes is 1. The molecule has 1 rings (SSSR count). The Kier molecular flexibility index (Phi) is 5.94. The Labute approximate surface area is 114 Å². The number of halogens is 1. The van der Waals surface area contributed by atoms with Gasteiger partial charge in [-0.1, -0.05) is 25.4 Å². The van der Waals surface area contributed by atoms with Crippen LogP contribution >= 0.6 is 11.6 Å². The number of hydrogen-bond donors (Lipinski definition) is 1. The molecule has 1 unspecified atom stereocenters. The van der Waals surface area contributed by atoms with E-state index in [1.54, 1.807) is 0 Å². The molecule has 0 amide bonds. The Morgan fingerprint density at radius 2 is 2.11 bits per heavy atom. The summed E-state index contributed by atoms with van der Waals surface area (Å²) < 4.78 is 0. The van der Waals surface area contributed by atoms with E-state index < -0.39 is 0 Å². The first-order chi connectivity index (χ1) is 8.62. The first-order valence-corrected chi connectivity index (χ1v) is 6.73. The fourth-order valence-electron chi connectivity index (χ4n) is 1.64. The molecule has 0 saturated carbocycles. The van der Waals surface area contributed by atoms with Gasteiger partial charge >= 0.3 is 0 Å². The summed E-state index contributed by atoms with van der Waals surface area (Å²) >= 11 is 6.13. The highest BCUT2D eigenvalue weighted by Crippen LogP contribution is 2.21. The van der Waals surface area contributed by atoms with Crippen LogP contribution in [-0.4, -0.2) is 16.0 Å². The van der Waals surface area contributed by atoms with Gasteiger partial charge in [-0.3, -0.25) is 0 Å². The molecule has 0 spiro atoms. The van der Waals surface area contributed by atoms with E-state index in [2.05, 4.69) is 35.1 Å². The molecule has 0 bridgehead atoms. The van der Waals surface area contributed by atoms with Crippen molar-refractivity contribution in [3.8, 4) is 12.3 Å². The van der Waals surface area contributed by atoms with Gasteiger partial charge in [-0.15, -0.1) is 12.3 Å². The van der Waals surface area contributed by atoms with Crippen molar-refractivity contribution in [2.45, 2.75) is 52.5 Å². The maximum Gasteiger partial charge on any atom is 0.137 e. The van der Waals surface area contributed by atoms with Gasteiger partial charge in [0.05, 0.1) is 0 Å². The smallest absolute Gasteiger partial charge is 0.137 e. The van der Waals surface area contributed by atoms with Gasteiger partial charge in [-0.05, 0) is 19.8 Å². The summed E-state index contributed by atoms with van der Waals surface area (Å²) in [5.74, 6) is 4.26. The number of rotatable bonds is 6. The lowest BCUT2D eigenvalue weighted by Gasteiger charge is -2.17. The standard InChI is InChI=1S/C14H20ClN3/c1-5-8-11(7-3)16-14-10(4)13(15)17-12(18-14)9-6-2/h1,11H,6-9H2,2-4H3,(H,16,17,18). The van der Waals surface area contributed by atoms with Gasteiger partial charge in [0.15, 0.2) is 0 Å². The van der Waals surface area contributed by atoms with Gasteiger partial charge in [0.1, 0.15) is 16.8 Å². The molecule has 1 heterocycles. The Morgan fingerprint density at radius 3 is 2.67 bits per heavy atom. The number of aryl methyl sites for hydroxylation is 1. The Balaban J connectivity index is 2.96. The van der Waals surface area contributed by atoms with Crippen LogP contribution in [-0.2, 0) is 6.42 Å². The number of nitrogens with one attached hydrogen (secondary N) is 1. The monoisotopic (exact) mass is 265 g/mol. The zero-order chi connectivity index (χ0) is 13.5. The molecule has 0 aliphatic heterocycles. The van der Waals surface area contributed by atoms with E-state index in [0.717, 1.165) is 36.5 Å². The molecule has 4 heteroatoms. The predicted molar refractivity (Wildman–Crippen MR) is 76.9 cm³/mol. The lowest BCUT2D eigenvalue weighted by molar-refractivity contribution is 0.706. The van der Waals surface area contributed by atoms with E-state index in [1.807, 2.05) is 6.92 Å². The molecule has 0 saturated heterocycles. The normalized spacial score (nSPS) is 11.9. The third-order valence-corrected chi connectivity index (χ3v) is 3.17. The number of nitrogens with zero attached hydrogens (tertiary/aromatic N) is 2. The molecular weight excluding hydrogens is 246 g/mol. The minimum Gasteiger partial charge on any atom is -0.366 e. The summed E-state index contributed by atoms with van der Waals surface area (Å²) in [6.45, 7) is 6.11. The summed E-state index contributed by atoms with van der Waals surface area (Å²) in [5, 5.41) is 3.88. The highest BCUT2D eigenvalue weighted by Gasteiger charge is 2.12. The number of aromatic nitrogens is 2. The van der Waals surface area contributed by atoms with E-state index in [9.17, 15) is 0 Å². The van der Waals surface area contributed by atoms with Crippen LogP contribution in [0.4, 0.5) is 5.82 Å². The van der Waals surface area contributed by atoms with Crippen molar-refractivity contribution < 1.29 is 0 Å². The van der Waals surface area contributed by atoms with Gasteiger partial charge in [-0.25, -0.2) is 9.97 Å². The number of hydrogen-bond acceptors (Lipinski definition) is 3. The molecule has 0 aromatic carbocycles. The van der Waals surface area contributed by atoms with E-state index >= 15 is 0 Å². The molecule has 1 N–H and O–H groups in total. The SMILES string of the molecule is C#CCC(CC)Nc1nc(CCC)nc(Cl)c1C. The Hall–Kier alpha value is -1.27. The van der Waals surface area contributed by atoms with E-state index in [-0.39, 0.29) is 6.04 Å². The van der Waals surface area contributed by atoms with Crippen LogP contribution in [0.5, 0.6) is 0 Å². The van der Waals surface area contributed by atoms with Crippen molar-refractivity contribution in [3.63, 3.8) is 0 Å². The van der Waals surface area contributed by atoms with E-state index in [4.69, 9.17) is 18.0 Å². The minimum atomic E-state index is 0.231. The predicted octanol–water partition coefficient (Wildman–Crippen LogP) is 3.60. The van der Waals surface area contributed by atoms with Crippen LogP contribution in [0.15, 0.2) is 0 Å². The lowest BCUT2D eigenvalue weighted by atomic mass is 10.1. The molecule has 1 aromatic rings. The van der Waals surface area contributed by atoms with Crippen LogP contribution in [0, 0.1) is 19.3 Å². The van der Waals surface area contributed by atoms with Crippen molar-refractivity contribution >= 4 is 17.4 Å². The minimum absolute atomic E-state index is 0.231. The van der Waals surface area contributed by atoms with Crippen molar-refractivity contribution in [2.75, 3.05) is 5.32 Å². The van der Waals surface area contributed by atoms with Crippen LogP contribution in [0.3, 0.4) is 0 Å². The Bertz CT molecular complexity index is 437. The van der Waals surface area contributed by atoms with Gasteiger partial charge < -0.3 is 5.32 Å². The zero-order valence-corrected chi connectivity index (χ0v) is 12.0. The lowest BCUT2D eigenvalue weighted by Crippen LogP contribution is -2.20. The Morgan fingerprint density at radius 1 is 1.39 bits per heavy atom. The topological polar surface area (TPSA) is 37.8 Å². The average Bonchev–Trinajstić information content (AvgIpc) is 2.35. The number of anilines is 1. The quantitative estimate of drug-likeness (QED) is 0.631. The zero-order valence-electron chi connectivity index (χ0n) is 11.3. The molecule has 0 aliphatic rings. The molecule has 3 nitrogen and oxygen atoms in total. The van der Waals surface area contributed by atoms with Crippen LogP contribution in [0.25, 0.3) is 0 Å².